The third-order valence-electron chi connectivity index (χ3n) is 3.21. The van der Waals surface area contributed by atoms with Crippen LogP contribution in [0.15, 0.2) is 40.6 Å². The van der Waals surface area contributed by atoms with Gasteiger partial charge in [-0.25, -0.2) is 13.1 Å². The van der Waals surface area contributed by atoms with Gasteiger partial charge in [-0.2, -0.15) is 0 Å². The van der Waals surface area contributed by atoms with E-state index in [4.69, 9.17) is 5.73 Å². The molecule has 0 bridgehead atoms. The highest BCUT2D eigenvalue weighted by Crippen LogP contribution is 2.20. The second kappa shape index (κ2) is 6.60. The van der Waals surface area contributed by atoms with E-state index in [0.717, 1.165) is 10.4 Å². The van der Waals surface area contributed by atoms with Crippen molar-refractivity contribution in [1.82, 2.24) is 4.72 Å². The second-order valence-electron chi connectivity index (χ2n) is 5.03. The van der Waals surface area contributed by atoms with E-state index in [2.05, 4.69) is 4.72 Å². The maximum absolute atomic E-state index is 12.5. The topological polar surface area (TPSA) is 72.2 Å². The Balaban J connectivity index is 2.20. The van der Waals surface area contributed by atoms with E-state index in [1.807, 2.05) is 31.4 Å². The summed E-state index contributed by atoms with van der Waals surface area (Å²) < 4.78 is 27.8. The number of sulfonamides is 1. The Morgan fingerprint density at radius 1 is 1.33 bits per heavy atom. The first-order valence-electron chi connectivity index (χ1n) is 6.85. The molecule has 1 aromatic carbocycles. The molecular formula is C15H20N2O2S2. The quantitative estimate of drug-likeness (QED) is 0.803. The number of benzene rings is 1. The van der Waals surface area contributed by atoms with Gasteiger partial charge in [-0.05, 0) is 48.9 Å². The molecule has 0 aliphatic carbocycles. The van der Waals surface area contributed by atoms with Gasteiger partial charge in [0.25, 0.3) is 0 Å². The van der Waals surface area contributed by atoms with Crippen molar-refractivity contribution < 1.29 is 8.42 Å². The van der Waals surface area contributed by atoms with Crippen LogP contribution in [0, 0.1) is 0 Å². The molecule has 0 saturated carbocycles. The van der Waals surface area contributed by atoms with E-state index in [1.54, 1.807) is 23.5 Å². The van der Waals surface area contributed by atoms with Gasteiger partial charge in [0.1, 0.15) is 0 Å². The fraction of sp³-hybridized carbons (Fsp3) is 0.333. The molecule has 1 aromatic heterocycles. The lowest BCUT2D eigenvalue weighted by molar-refractivity contribution is 0.559. The average molecular weight is 324 g/mol. The first kappa shape index (κ1) is 16.0. The van der Waals surface area contributed by atoms with Gasteiger partial charge in [0.2, 0.25) is 10.0 Å². The number of nitrogens with one attached hydrogen (secondary N) is 1. The number of hydrogen-bond donors (Lipinski definition) is 2. The first-order chi connectivity index (χ1) is 9.92. The summed E-state index contributed by atoms with van der Waals surface area (Å²) in [7, 11) is -3.55. The Hall–Kier alpha value is -1.37. The number of anilines is 1. The molecule has 2 rings (SSSR count). The van der Waals surface area contributed by atoms with Gasteiger partial charge in [0.15, 0.2) is 0 Å². The van der Waals surface area contributed by atoms with Gasteiger partial charge in [-0.3, -0.25) is 0 Å². The Kier molecular flexibility index (Phi) is 5.03. The largest absolute Gasteiger partial charge is 0.399 e. The lowest BCUT2D eigenvalue weighted by Gasteiger charge is -2.16. The van der Waals surface area contributed by atoms with E-state index in [0.29, 0.717) is 18.5 Å². The first-order valence-corrected chi connectivity index (χ1v) is 9.21. The molecule has 0 aliphatic heterocycles. The van der Waals surface area contributed by atoms with Gasteiger partial charge in [-0.15, -0.1) is 11.3 Å². The number of nitrogens with two attached hydrogens (primary N) is 1. The van der Waals surface area contributed by atoms with Gasteiger partial charge in [-0.1, -0.05) is 19.1 Å². The van der Waals surface area contributed by atoms with Crippen LogP contribution in [0.25, 0.3) is 0 Å². The predicted octanol–water partition coefficient (Wildman–Crippen LogP) is 2.80. The van der Waals surface area contributed by atoms with Crippen LogP contribution in [0.3, 0.4) is 0 Å². The average Bonchev–Trinajstić information content (AvgIpc) is 2.90. The highest BCUT2D eigenvalue weighted by atomic mass is 32.2. The van der Waals surface area contributed by atoms with Crippen molar-refractivity contribution in [2.45, 2.75) is 37.6 Å². The molecule has 0 aliphatic rings. The summed E-state index contributed by atoms with van der Waals surface area (Å²) in [5.74, 6) is 0. The summed E-state index contributed by atoms with van der Waals surface area (Å²) in [6.45, 7) is 3.80. The standard InChI is InChI=1S/C15H20N2O2S2/c1-3-12-6-7-13(16)10-15(12)21(18,19)17-11(2)9-14-5-4-8-20-14/h4-8,10-11,17H,3,9,16H2,1-2H3. The fourth-order valence-electron chi connectivity index (χ4n) is 2.21. The Labute approximate surface area is 130 Å². The van der Waals surface area contributed by atoms with Crippen LogP contribution in [0.2, 0.25) is 0 Å². The van der Waals surface area contributed by atoms with Crippen LogP contribution in [0.4, 0.5) is 5.69 Å². The number of rotatable bonds is 6. The van der Waals surface area contributed by atoms with Crippen LogP contribution >= 0.6 is 11.3 Å². The minimum absolute atomic E-state index is 0.167. The minimum Gasteiger partial charge on any atom is -0.399 e. The zero-order valence-corrected chi connectivity index (χ0v) is 13.8. The van der Waals surface area contributed by atoms with Gasteiger partial charge < -0.3 is 5.73 Å². The SMILES string of the molecule is CCc1ccc(N)cc1S(=O)(=O)NC(C)Cc1cccs1. The number of aryl methyl sites for hydroxylation is 1. The molecule has 21 heavy (non-hydrogen) atoms. The van der Waals surface area contributed by atoms with Gasteiger partial charge >= 0.3 is 0 Å². The molecule has 1 unspecified atom stereocenters. The summed E-state index contributed by atoms with van der Waals surface area (Å²) >= 11 is 1.63. The van der Waals surface area contributed by atoms with E-state index < -0.39 is 10.0 Å². The van der Waals surface area contributed by atoms with Crippen LogP contribution in [-0.4, -0.2) is 14.5 Å². The Morgan fingerprint density at radius 2 is 2.10 bits per heavy atom. The maximum Gasteiger partial charge on any atom is 0.241 e. The van der Waals surface area contributed by atoms with E-state index in [-0.39, 0.29) is 10.9 Å². The zero-order chi connectivity index (χ0) is 15.5. The third kappa shape index (κ3) is 4.06. The maximum atomic E-state index is 12.5. The van der Waals surface area contributed by atoms with Gasteiger partial charge in [0, 0.05) is 16.6 Å². The predicted molar refractivity (Wildman–Crippen MR) is 88.0 cm³/mol. The molecule has 2 aromatic rings. The van der Waals surface area contributed by atoms with Crippen LogP contribution in [-0.2, 0) is 22.9 Å². The molecule has 0 fully saturated rings. The summed E-state index contributed by atoms with van der Waals surface area (Å²) in [4.78, 5) is 1.44. The molecule has 0 spiro atoms. The summed E-state index contributed by atoms with van der Waals surface area (Å²) in [6.07, 6.45) is 1.33. The lowest BCUT2D eigenvalue weighted by atomic mass is 10.1. The smallest absolute Gasteiger partial charge is 0.241 e. The van der Waals surface area contributed by atoms with Crippen molar-refractivity contribution in [1.29, 1.82) is 0 Å². The summed E-state index contributed by atoms with van der Waals surface area (Å²) in [6, 6.07) is 8.83. The van der Waals surface area contributed by atoms with Crippen molar-refractivity contribution in [3.63, 3.8) is 0 Å². The van der Waals surface area contributed by atoms with Crippen molar-refractivity contribution in [2.24, 2.45) is 0 Å². The van der Waals surface area contributed by atoms with Crippen LogP contribution < -0.4 is 10.5 Å². The normalized spacial score (nSPS) is 13.2. The lowest BCUT2D eigenvalue weighted by Crippen LogP contribution is -2.34. The molecule has 4 nitrogen and oxygen atoms in total. The van der Waals surface area contributed by atoms with E-state index >= 15 is 0 Å². The van der Waals surface area contributed by atoms with Crippen LogP contribution in [0.1, 0.15) is 24.3 Å². The second-order valence-corrected chi connectivity index (χ2v) is 7.74. The Morgan fingerprint density at radius 3 is 2.71 bits per heavy atom. The molecule has 0 amide bonds. The summed E-state index contributed by atoms with van der Waals surface area (Å²) in [5, 5.41) is 1.99. The van der Waals surface area contributed by atoms with Crippen molar-refractivity contribution in [3.05, 3.63) is 46.2 Å². The molecule has 6 heteroatoms. The number of nitrogen functional groups attached to an aromatic ring is 1. The van der Waals surface area contributed by atoms with E-state index in [9.17, 15) is 8.42 Å². The molecule has 1 heterocycles. The molecule has 0 radical (unpaired) electrons. The molecular weight excluding hydrogens is 304 g/mol. The highest BCUT2D eigenvalue weighted by Gasteiger charge is 2.21. The molecule has 0 saturated heterocycles. The number of thiophene rings is 1. The Bertz CT molecular complexity index is 694. The van der Waals surface area contributed by atoms with Crippen molar-refractivity contribution in [2.75, 3.05) is 5.73 Å². The fourth-order valence-corrected chi connectivity index (χ4v) is 4.64. The van der Waals surface area contributed by atoms with Gasteiger partial charge in [0.05, 0.1) is 4.90 Å². The zero-order valence-electron chi connectivity index (χ0n) is 12.2. The van der Waals surface area contributed by atoms with Crippen LogP contribution in [0.5, 0.6) is 0 Å². The molecule has 114 valence electrons. The van der Waals surface area contributed by atoms with Crippen molar-refractivity contribution >= 4 is 27.0 Å². The summed E-state index contributed by atoms with van der Waals surface area (Å²) in [5.41, 5.74) is 6.96. The van der Waals surface area contributed by atoms with E-state index in [1.165, 1.54) is 6.07 Å². The highest BCUT2D eigenvalue weighted by molar-refractivity contribution is 7.89. The van der Waals surface area contributed by atoms with Crippen molar-refractivity contribution in [3.8, 4) is 0 Å². The third-order valence-corrected chi connectivity index (χ3v) is 5.78. The molecule has 3 N–H and O–H groups in total. The minimum atomic E-state index is -3.55. The monoisotopic (exact) mass is 324 g/mol. The number of hydrogen-bond acceptors (Lipinski definition) is 4. The molecule has 1 atom stereocenters.